The van der Waals surface area contributed by atoms with Crippen LogP contribution in [0.3, 0.4) is 0 Å². The van der Waals surface area contributed by atoms with Crippen molar-refractivity contribution in [3.63, 3.8) is 0 Å². The van der Waals surface area contributed by atoms with Gasteiger partial charge in [0.2, 0.25) is 13.6 Å². The molecule has 0 spiro atoms. The molecule has 0 unspecified atom stereocenters. The number of esters is 4. The molecule has 5 atom stereocenters. The van der Waals surface area contributed by atoms with Crippen LogP contribution < -0.4 is 0 Å². The molecule has 0 radical (unpaired) electrons. The van der Waals surface area contributed by atoms with E-state index < -0.39 is 92.6 Å². The predicted octanol–water partition coefficient (Wildman–Crippen LogP) is 2.32. The summed E-state index contributed by atoms with van der Waals surface area (Å²) in [6.45, 7) is 11.9. The Labute approximate surface area is 216 Å². The number of carbonyl (C=O) groups excluding carboxylic acids is 4. The lowest BCUT2D eigenvalue weighted by atomic mass is 9.96. The van der Waals surface area contributed by atoms with Gasteiger partial charge in [0.15, 0.2) is 12.2 Å². The Morgan fingerprint density at radius 1 is 0.811 bits per heavy atom. The number of aliphatic hydroxyl groups excluding tert-OH is 1. The standard InChI is InChI=1S/C23H39O13P/c1-13-18(35-14(2)24)17(26)19(36-15(3)25)16(34-13)10-37(29,32-11-30-20(27)22(4,5)6)33-12-31-21(28)23(7,8)9/h13,16-19,26H,10-12H2,1-9H3/t13-,16+,17+,18+,19+/m0/s1. The molecule has 1 heterocycles. The summed E-state index contributed by atoms with van der Waals surface area (Å²) >= 11 is 0. The summed E-state index contributed by atoms with van der Waals surface area (Å²) in [4.78, 5) is 47.3. The zero-order chi connectivity index (χ0) is 28.8. The van der Waals surface area contributed by atoms with Crippen LogP contribution in [0.5, 0.6) is 0 Å². The quantitative estimate of drug-likeness (QED) is 0.181. The molecule has 0 aromatic heterocycles. The molecule has 0 aromatic carbocycles. The van der Waals surface area contributed by atoms with E-state index in [0.717, 1.165) is 13.8 Å². The van der Waals surface area contributed by atoms with Gasteiger partial charge in [-0.15, -0.1) is 0 Å². The third-order valence-electron chi connectivity index (χ3n) is 5.00. The summed E-state index contributed by atoms with van der Waals surface area (Å²) in [7, 11) is -4.28. The minimum atomic E-state index is -4.28. The lowest BCUT2D eigenvalue weighted by molar-refractivity contribution is -0.232. The Morgan fingerprint density at radius 3 is 1.59 bits per heavy atom. The zero-order valence-corrected chi connectivity index (χ0v) is 23.7. The molecule has 1 aliphatic heterocycles. The van der Waals surface area contributed by atoms with Crippen molar-refractivity contribution in [3.8, 4) is 0 Å². The summed E-state index contributed by atoms with van der Waals surface area (Å²) < 4.78 is 50.3. The third kappa shape index (κ3) is 10.7. The van der Waals surface area contributed by atoms with E-state index in [1.807, 2.05) is 0 Å². The van der Waals surface area contributed by atoms with Crippen LogP contribution in [0.2, 0.25) is 0 Å². The lowest BCUT2D eigenvalue weighted by Gasteiger charge is -2.42. The van der Waals surface area contributed by atoms with Crippen molar-refractivity contribution < 1.29 is 61.6 Å². The largest absolute Gasteiger partial charge is 0.457 e. The first-order valence-electron chi connectivity index (χ1n) is 11.7. The number of aliphatic hydroxyl groups is 1. The molecule has 1 saturated heterocycles. The molecular formula is C23H39O13P. The van der Waals surface area contributed by atoms with Crippen molar-refractivity contribution in [1.82, 2.24) is 0 Å². The Balaban J connectivity index is 3.14. The van der Waals surface area contributed by atoms with Crippen molar-refractivity contribution >= 4 is 31.5 Å². The summed E-state index contributed by atoms with van der Waals surface area (Å²) in [5, 5.41) is 10.8. The molecule has 0 aliphatic carbocycles. The van der Waals surface area contributed by atoms with Crippen molar-refractivity contribution in [2.45, 2.75) is 92.8 Å². The van der Waals surface area contributed by atoms with E-state index in [0.29, 0.717) is 0 Å². The van der Waals surface area contributed by atoms with Gasteiger partial charge in [-0.2, -0.15) is 0 Å². The van der Waals surface area contributed by atoms with Gasteiger partial charge in [0.25, 0.3) is 0 Å². The lowest BCUT2D eigenvalue weighted by Crippen LogP contribution is -2.60. The van der Waals surface area contributed by atoms with Gasteiger partial charge < -0.3 is 28.8 Å². The van der Waals surface area contributed by atoms with E-state index in [9.17, 15) is 28.8 Å². The predicted molar refractivity (Wildman–Crippen MR) is 127 cm³/mol. The molecule has 0 bridgehead atoms. The van der Waals surface area contributed by atoms with Crippen LogP contribution in [0, 0.1) is 10.8 Å². The minimum Gasteiger partial charge on any atom is -0.457 e. The molecule has 214 valence electrons. The van der Waals surface area contributed by atoms with Crippen LogP contribution in [0.25, 0.3) is 0 Å². The number of rotatable bonds is 10. The number of hydrogen-bond donors (Lipinski definition) is 1. The van der Waals surface area contributed by atoms with E-state index in [-0.39, 0.29) is 0 Å². The van der Waals surface area contributed by atoms with E-state index in [4.69, 9.17) is 32.7 Å². The van der Waals surface area contributed by atoms with Gasteiger partial charge in [0.1, 0.15) is 12.2 Å². The van der Waals surface area contributed by atoms with Gasteiger partial charge in [0, 0.05) is 13.8 Å². The molecule has 13 nitrogen and oxygen atoms in total. The topological polar surface area (TPSA) is 170 Å². The van der Waals surface area contributed by atoms with Crippen molar-refractivity contribution in [2.75, 3.05) is 19.7 Å². The van der Waals surface area contributed by atoms with Crippen molar-refractivity contribution in [2.24, 2.45) is 10.8 Å². The maximum Gasteiger partial charge on any atom is 0.339 e. The Kier molecular flexibility index (Phi) is 11.7. The van der Waals surface area contributed by atoms with Crippen molar-refractivity contribution in [3.05, 3.63) is 0 Å². The molecule has 1 rings (SSSR count). The third-order valence-corrected chi connectivity index (χ3v) is 6.81. The molecule has 1 aliphatic rings. The zero-order valence-electron chi connectivity index (χ0n) is 22.8. The van der Waals surface area contributed by atoms with E-state index in [1.54, 1.807) is 41.5 Å². The average Bonchev–Trinajstić information content (AvgIpc) is 2.72. The first kappa shape index (κ1) is 33.0. The summed E-state index contributed by atoms with van der Waals surface area (Å²) in [5.74, 6) is -2.77. The Hall–Kier alpha value is -2.05. The van der Waals surface area contributed by atoms with Gasteiger partial charge in [-0.1, -0.05) is 0 Å². The Bertz CT molecular complexity index is 837. The van der Waals surface area contributed by atoms with Crippen LogP contribution in [0.4, 0.5) is 0 Å². The highest BCUT2D eigenvalue weighted by Gasteiger charge is 2.50. The molecule has 0 saturated carbocycles. The monoisotopic (exact) mass is 554 g/mol. The van der Waals surface area contributed by atoms with Crippen LogP contribution in [0.1, 0.15) is 62.3 Å². The fraction of sp³-hybridized carbons (Fsp3) is 0.826. The Morgan fingerprint density at radius 2 is 1.22 bits per heavy atom. The van der Waals surface area contributed by atoms with Gasteiger partial charge in [-0.3, -0.25) is 32.8 Å². The van der Waals surface area contributed by atoms with Gasteiger partial charge in [-0.05, 0) is 48.5 Å². The molecule has 1 fully saturated rings. The fourth-order valence-corrected chi connectivity index (χ4v) is 4.52. The van der Waals surface area contributed by atoms with Gasteiger partial charge in [0.05, 0.1) is 23.1 Å². The number of ether oxygens (including phenoxy) is 5. The molecule has 37 heavy (non-hydrogen) atoms. The van der Waals surface area contributed by atoms with E-state index >= 15 is 0 Å². The van der Waals surface area contributed by atoms with E-state index in [2.05, 4.69) is 0 Å². The smallest absolute Gasteiger partial charge is 0.339 e. The first-order chi connectivity index (χ1) is 16.8. The van der Waals surface area contributed by atoms with Gasteiger partial charge in [-0.25, -0.2) is 0 Å². The summed E-state index contributed by atoms with van der Waals surface area (Å²) in [6.07, 6.45) is -6.90. The summed E-state index contributed by atoms with van der Waals surface area (Å²) in [6, 6.07) is 0. The van der Waals surface area contributed by atoms with Crippen LogP contribution in [-0.4, -0.2) is 79.3 Å². The SMILES string of the molecule is CC(=O)O[C@H]1[C@@H](O)[C@H](OC(C)=O)[C@@H](CP(=O)(OCOC(=O)C(C)(C)C)OCOC(=O)C(C)(C)C)O[C@H]1C. The molecule has 1 N–H and O–H groups in total. The van der Waals surface area contributed by atoms with Crippen LogP contribution in [-0.2, 0) is 56.5 Å². The average molecular weight is 555 g/mol. The fourth-order valence-electron chi connectivity index (χ4n) is 3.07. The number of carbonyl (C=O) groups is 4. The second-order valence-corrected chi connectivity index (χ2v) is 12.8. The van der Waals surface area contributed by atoms with E-state index in [1.165, 1.54) is 6.92 Å². The highest BCUT2D eigenvalue weighted by atomic mass is 31.2. The van der Waals surface area contributed by atoms with Crippen LogP contribution in [0.15, 0.2) is 0 Å². The maximum absolute atomic E-state index is 13.6. The van der Waals surface area contributed by atoms with Crippen LogP contribution >= 0.6 is 7.60 Å². The molecule has 0 aromatic rings. The number of hydrogen-bond acceptors (Lipinski definition) is 13. The van der Waals surface area contributed by atoms with Gasteiger partial charge >= 0.3 is 31.5 Å². The maximum atomic E-state index is 13.6. The molecular weight excluding hydrogens is 515 g/mol. The first-order valence-corrected chi connectivity index (χ1v) is 13.4. The second-order valence-electron chi connectivity index (χ2n) is 10.7. The highest BCUT2D eigenvalue weighted by molar-refractivity contribution is 7.53. The normalized spacial score (nSPS) is 24.6. The summed E-state index contributed by atoms with van der Waals surface area (Å²) in [5.41, 5.74) is -1.73. The second kappa shape index (κ2) is 13.1. The van der Waals surface area contributed by atoms with Crippen molar-refractivity contribution in [1.29, 1.82) is 0 Å². The molecule has 14 heteroatoms. The molecule has 0 amide bonds. The highest BCUT2D eigenvalue weighted by Crippen LogP contribution is 2.50. The minimum absolute atomic E-state index is 0.598.